The lowest BCUT2D eigenvalue weighted by Crippen LogP contribution is -2.14. The minimum atomic E-state index is -1.12. The van der Waals surface area contributed by atoms with Gasteiger partial charge in [-0.05, 0) is 37.5 Å². The number of nitrogens with one attached hydrogen (secondary N) is 1. The molecule has 23 heavy (non-hydrogen) atoms. The average Bonchev–Trinajstić information content (AvgIpc) is 2.76. The van der Waals surface area contributed by atoms with Gasteiger partial charge in [-0.3, -0.25) is 4.79 Å². The summed E-state index contributed by atoms with van der Waals surface area (Å²) in [5.41, 5.74) is 1.56. The maximum Gasteiger partial charge on any atom is 0.337 e. The molecule has 2 aromatic rings. The van der Waals surface area contributed by atoms with Crippen LogP contribution in [0, 0.1) is 0 Å². The van der Waals surface area contributed by atoms with E-state index in [1.165, 1.54) is 18.2 Å². The molecule has 120 valence electrons. The molecule has 3 rings (SSSR count). The molecule has 1 heterocycles. The molecule has 1 aliphatic carbocycles. The zero-order valence-corrected chi connectivity index (χ0v) is 13.0. The van der Waals surface area contributed by atoms with Gasteiger partial charge in [0.1, 0.15) is 5.76 Å². The third kappa shape index (κ3) is 3.22. The van der Waals surface area contributed by atoms with E-state index in [1.807, 2.05) is 0 Å². The number of halogens is 1. The Balaban J connectivity index is 1.81. The van der Waals surface area contributed by atoms with Crippen molar-refractivity contribution in [3.05, 3.63) is 45.8 Å². The van der Waals surface area contributed by atoms with Crippen molar-refractivity contribution in [2.75, 3.05) is 5.32 Å². The van der Waals surface area contributed by atoms with Crippen LogP contribution in [0.2, 0.25) is 5.02 Å². The number of carbonyl (C=O) groups excluding carboxylic acids is 1. The van der Waals surface area contributed by atoms with Crippen molar-refractivity contribution in [2.24, 2.45) is 0 Å². The van der Waals surface area contributed by atoms with Gasteiger partial charge in [0, 0.05) is 17.7 Å². The summed E-state index contributed by atoms with van der Waals surface area (Å²) in [4.78, 5) is 23.3. The number of nitrogens with zero attached hydrogens (tertiary/aromatic N) is 1. The highest BCUT2D eigenvalue weighted by Gasteiger charge is 2.23. The largest absolute Gasteiger partial charge is 0.478 e. The lowest BCUT2D eigenvalue weighted by Gasteiger charge is -2.06. The SMILES string of the molecule is O=C(O)c1ccc(NC(=O)c2noc3c2CCCCC3)cc1Cl. The van der Waals surface area contributed by atoms with Crippen LogP contribution >= 0.6 is 11.6 Å². The number of aromatic nitrogens is 1. The second kappa shape index (κ2) is 6.42. The molecule has 1 aliphatic rings. The number of carbonyl (C=O) groups is 2. The number of anilines is 1. The van der Waals surface area contributed by atoms with Crippen LogP contribution in [0.25, 0.3) is 0 Å². The van der Waals surface area contributed by atoms with Crippen molar-refractivity contribution in [3.63, 3.8) is 0 Å². The van der Waals surface area contributed by atoms with Crippen LogP contribution in [0.3, 0.4) is 0 Å². The lowest BCUT2D eigenvalue weighted by atomic mass is 10.1. The molecule has 0 saturated carbocycles. The third-order valence-corrected chi connectivity index (χ3v) is 4.19. The predicted molar refractivity (Wildman–Crippen MR) is 84.1 cm³/mol. The van der Waals surface area contributed by atoms with Crippen LogP contribution in [-0.4, -0.2) is 22.1 Å². The Morgan fingerprint density at radius 2 is 2.00 bits per heavy atom. The van der Waals surface area contributed by atoms with Gasteiger partial charge < -0.3 is 14.9 Å². The Morgan fingerprint density at radius 1 is 1.22 bits per heavy atom. The Labute approximate surface area is 137 Å². The van der Waals surface area contributed by atoms with Crippen molar-refractivity contribution in [2.45, 2.75) is 32.1 Å². The average molecular weight is 335 g/mol. The molecule has 1 aromatic heterocycles. The molecule has 0 radical (unpaired) electrons. The summed E-state index contributed by atoms with van der Waals surface area (Å²) in [5.74, 6) is -0.711. The van der Waals surface area contributed by atoms with Crippen LogP contribution in [0.4, 0.5) is 5.69 Å². The van der Waals surface area contributed by atoms with Gasteiger partial charge in [-0.1, -0.05) is 23.2 Å². The maximum atomic E-state index is 12.4. The summed E-state index contributed by atoms with van der Waals surface area (Å²) >= 11 is 5.90. The number of hydrogen-bond donors (Lipinski definition) is 2. The Bertz CT molecular complexity index is 769. The maximum absolute atomic E-state index is 12.4. The molecule has 0 saturated heterocycles. The van der Waals surface area contributed by atoms with Crippen molar-refractivity contribution in [1.82, 2.24) is 5.16 Å². The van der Waals surface area contributed by atoms with E-state index in [2.05, 4.69) is 10.5 Å². The number of carboxylic acids is 1. The topological polar surface area (TPSA) is 92.4 Å². The molecule has 0 bridgehead atoms. The summed E-state index contributed by atoms with van der Waals surface area (Å²) in [6.45, 7) is 0. The zero-order chi connectivity index (χ0) is 16.4. The van der Waals surface area contributed by atoms with E-state index in [-0.39, 0.29) is 16.5 Å². The summed E-state index contributed by atoms with van der Waals surface area (Å²) < 4.78 is 5.29. The number of benzene rings is 1. The van der Waals surface area contributed by atoms with Gasteiger partial charge in [0.2, 0.25) is 0 Å². The standard InChI is InChI=1S/C16H15ClN2O4/c17-12-8-9(6-7-10(12)16(21)22)18-15(20)14-11-4-2-1-3-5-13(11)23-19-14/h6-8H,1-5H2,(H,18,20)(H,21,22). The van der Waals surface area contributed by atoms with E-state index in [0.29, 0.717) is 11.4 Å². The number of fused-ring (bicyclic) bond motifs is 1. The van der Waals surface area contributed by atoms with E-state index >= 15 is 0 Å². The van der Waals surface area contributed by atoms with Gasteiger partial charge >= 0.3 is 5.97 Å². The number of rotatable bonds is 3. The lowest BCUT2D eigenvalue weighted by molar-refractivity contribution is 0.0697. The zero-order valence-electron chi connectivity index (χ0n) is 12.3. The van der Waals surface area contributed by atoms with Gasteiger partial charge in [0.15, 0.2) is 5.69 Å². The number of aryl methyl sites for hydroxylation is 1. The van der Waals surface area contributed by atoms with Crippen LogP contribution in [0.5, 0.6) is 0 Å². The second-order valence-corrected chi connectivity index (χ2v) is 5.85. The Morgan fingerprint density at radius 3 is 2.74 bits per heavy atom. The summed E-state index contributed by atoms with van der Waals surface area (Å²) in [6.07, 6.45) is 4.73. The Kier molecular flexibility index (Phi) is 4.34. The Hall–Kier alpha value is -2.34. The minimum Gasteiger partial charge on any atom is -0.478 e. The van der Waals surface area contributed by atoms with Crippen molar-refractivity contribution < 1.29 is 19.2 Å². The highest BCUT2D eigenvalue weighted by molar-refractivity contribution is 6.33. The molecule has 2 N–H and O–H groups in total. The van der Waals surface area contributed by atoms with Crippen molar-refractivity contribution >= 4 is 29.2 Å². The number of aromatic carboxylic acids is 1. The van der Waals surface area contributed by atoms with E-state index < -0.39 is 5.97 Å². The summed E-state index contributed by atoms with van der Waals surface area (Å²) in [5, 5.41) is 15.6. The van der Waals surface area contributed by atoms with E-state index in [4.69, 9.17) is 21.2 Å². The second-order valence-electron chi connectivity index (χ2n) is 5.45. The molecule has 1 aromatic carbocycles. The molecule has 0 spiro atoms. The third-order valence-electron chi connectivity index (χ3n) is 3.87. The molecular formula is C16H15ClN2O4. The number of hydrogen-bond acceptors (Lipinski definition) is 4. The highest BCUT2D eigenvalue weighted by Crippen LogP contribution is 2.25. The molecule has 0 fully saturated rings. The number of carboxylic acid groups (broad SMARTS) is 1. The predicted octanol–water partition coefficient (Wildman–Crippen LogP) is 3.55. The molecule has 7 heteroatoms. The van der Waals surface area contributed by atoms with Gasteiger partial charge in [0.25, 0.3) is 5.91 Å². The first-order valence-corrected chi connectivity index (χ1v) is 7.75. The monoisotopic (exact) mass is 334 g/mol. The smallest absolute Gasteiger partial charge is 0.337 e. The van der Waals surface area contributed by atoms with E-state index in [1.54, 1.807) is 0 Å². The molecular weight excluding hydrogens is 320 g/mol. The van der Waals surface area contributed by atoms with Gasteiger partial charge in [-0.15, -0.1) is 0 Å². The number of amides is 1. The van der Waals surface area contributed by atoms with Gasteiger partial charge in [-0.2, -0.15) is 0 Å². The van der Waals surface area contributed by atoms with Crippen LogP contribution in [0.1, 0.15) is 51.4 Å². The van der Waals surface area contributed by atoms with Crippen LogP contribution in [-0.2, 0) is 12.8 Å². The van der Waals surface area contributed by atoms with Gasteiger partial charge in [-0.25, -0.2) is 4.79 Å². The minimum absolute atomic E-state index is 0.0139. The highest BCUT2D eigenvalue weighted by atomic mass is 35.5. The normalized spacial score (nSPS) is 14.0. The first kappa shape index (κ1) is 15.6. The quantitative estimate of drug-likeness (QED) is 0.837. The molecule has 0 atom stereocenters. The van der Waals surface area contributed by atoms with Gasteiger partial charge in [0.05, 0.1) is 10.6 Å². The fourth-order valence-corrected chi connectivity index (χ4v) is 2.96. The van der Waals surface area contributed by atoms with Crippen LogP contribution in [0.15, 0.2) is 22.7 Å². The van der Waals surface area contributed by atoms with Crippen molar-refractivity contribution in [3.8, 4) is 0 Å². The van der Waals surface area contributed by atoms with Crippen LogP contribution < -0.4 is 5.32 Å². The molecule has 0 aliphatic heterocycles. The van der Waals surface area contributed by atoms with E-state index in [0.717, 1.165) is 43.4 Å². The first-order chi connectivity index (χ1) is 11.1. The molecule has 6 nitrogen and oxygen atoms in total. The van der Waals surface area contributed by atoms with E-state index in [9.17, 15) is 9.59 Å². The fraction of sp³-hybridized carbons (Fsp3) is 0.312. The molecule has 1 amide bonds. The summed E-state index contributed by atoms with van der Waals surface area (Å²) in [6, 6.07) is 4.25. The van der Waals surface area contributed by atoms with Crippen molar-refractivity contribution in [1.29, 1.82) is 0 Å². The fourth-order valence-electron chi connectivity index (χ4n) is 2.70. The first-order valence-electron chi connectivity index (χ1n) is 7.38. The summed E-state index contributed by atoms with van der Waals surface area (Å²) in [7, 11) is 0. The molecule has 0 unspecified atom stereocenters.